The molecule has 6 nitrogen and oxygen atoms in total. The van der Waals surface area contributed by atoms with Crippen LogP contribution in [0.4, 0.5) is 0 Å². The normalized spacial score (nSPS) is 11.0. The lowest BCUT2D eigenvalue weighted by Crippen LogP contribution is -2.06. The maximum atomic E-state index is 11.9. The van der Waals surface area contributed by atoms with Crippen LogP contribution in [-0.2, 0) is 14.3 Å². The fourth-order valence-electron chi connectivity index (χ4n) is 1.70. The van der Waals surface area contributed by atoms with E-state index in [2.05, 4.69) is 9.97 Å². The van der Waals surface area contributed by atoms with Gasteiger partial charge in [0.2, 0.25) is 0 Å². The minimum Gasteiger partial charge on any atom is -0.503 e. The van der Waals surface area contributed by atoms with E-state index in [4.69, 9.17) is 25.8 Å². The Balaban J connectivity index is 2.41. The number of carbonyl (C=O) groups is 1. The molecule has 0 saturated heterocycles. The molecule has 0 N–H and O–H groups in total. The number of ether oxygens (including phenoxy) is 3. The summed E-state index contributed by atoms with van der Waals surface area (Å²) >= 11 is 5.80. The number of rotatable bonds is 5. The molecule has 0 aliphatic rings. The van der Waals surface area contributed by atoms with E-state index in [0.29, 0.717) is 11.3 Å². The average molecular weight is 321 g/mol. The number of carbonyl (C=O) groups excluding carboxylic acids is 1. The van der Waals surface area contributed by atoms with Gasteiger partial charge in [0.1, 0.15) is 16.5 Å². The molecule has 1 heterocycles. The van der Waals surface area contributed by atoms with E-state index in [0.717, 1.165) is 0 Å². The molecule has 1 aromatic carbocycles. The maximum absolute atomic E-state index is 11.9. The third kappa shape index (κ3) is 3.73. The monoisotopic (exact) mass is 320 g/mol. The van der Waals surface area contributed by atoms with E-state index >= 15 is 0 Å². The maximum Gasteiger partial charge on any atom is 0.341 e. The highest BCUT2D eigenvalue weighted by molar-refractivity contribution is 6.29. The van der Waals surface area contributed by atoms with Crippen molar-refractivity contribution in [3.63, 3.8) is 0 Å². The molecule has 2 aromatic rings. The second-order valence-electron chi connectivity index (χ2n) is 4.02. The number of nitrogens with zero attached hydrogens (tertiary/aromatic N) is 2. The lowest BCUT2D eigenvalue weighted by molar-refractivity contribution is -0.133. The smallest absolute Gasteiger partial charge is 0.341 e. The van der Waals surface area contributed by atoms with Gasteiger partial charge in [-0.05, 0) is 12.1 Å². The zero-order chi connectivity index (χ0) is 15.9. The van der Waals surface area contributed by atoms with Crippen LogP contribution in [0, 0.1) is 0 Å². The van der Waals surface area contributed by atoms with Crippen molar-refractivity contribution in [3.05, 3.63) is 53.5 Å². The minimum absolute atomic E-state index is 0.0709. The van der Waals surface area contributed by atoms with E-state index < -0.39 is 5.97 Å². The second kappa shape index (κ2) is 7.42. The highest BCUT2D eigenvalue weighted by atomic mass is 35.5. The van der Waals surface area contributed by atoms with Gasteiger partial charge < -0.3 is 14.2 Å². The fourth-order valence-corrected chi connectivity index (χ4v) is 1.82. The number of aromatic nitrogens is 2. The molecule has 0 aliphatic carbocycles. The van der Waals surface area contributed by atoms with Crippen molar-refractivity contribution in [2.45, 2.75) is 0 Å². The molecule has 0 aliphatic heterocycles. The van der Waals surface area contributed by atoms with Crippen LogP contribution in [0.2, 0.25) is 5.15 Å². The van der Waals surface area contributed by atoms with Gasteiger partial charge in [0.15, 0.2) is 0 Å². The Kier molecular flexibility index (Phi) is 5.32. The number of methoxy groups -OCH3 is 2. The fraction of sp³-hybridized carbons (Fsp3) is 0.133. The van der Waals surface area contributed by atoms with Crippen LogP contribution in [0.15, 0.2) is 42.8 Å². The number of para-hydroxylation sites is 1. The Morgan fingerprint density at radius 3 is 2.68 bits per heavy atom. The molecule has 7 heteroatoms. The lowest BCUT2D eigenvalue weighted by atomic mass is 10.1. The Bertz CT molecular complexity index is 703. The Labute approximate surface area is 132 Å². The summed E-state index contributed by atoms with van der Waals surface area (Å²) < 4.78 is 15.3. The predicted molar refractivity (Wildman–Crippen MR) is 80.6 cm³/mol. The van der Waals surface area contributed by atoms with Crippen molar-refractivity contribution >= 4 is 23.1 Å². The SMILES string of the molecule is CO/C=C(/C(=O)OC)c1ccccc1Oc1nccc(Cl)n1. The summed E-state index contributed by atoms with van der Waals surface area (Å²) in [5.41, 5.74) is 0.697. The lowest BCUT2D eigenvalue weighted by Gasteiger charge is -2.11. The largest absolute Gasteiger partial charge is 0.503 e. The molecule has 0 bridgehead atoms. The standard InChI is InChI=1S/C15H13ClN2O4/c1-20-9-11(14(19)21-2)10-5-3-4-6-12(10)22-15-17-8-7-13(16)18-15/h3-9H,1-2H3/b11-9+. The Morgan fingerprint density at radius 1 is 1.23 bits per heavy atom. The zero-order valence-electron chi connectivity index (χ0n) is 11.9. The van der Waals surface area contributed by atoms with Crippen LogP contribution < -0.4 is 4.74 Å². The molecule has 0 amide bonds. The molecule has 0 fully saturated rings. The van der Waals surface area contributed by atoms with Crippen molar-refractivity contribution in [2.75, 3.05) is 14.2 Å². The molecule has 2 rings (SSSR count). The van der Waals surface area contributed by atoms with Crippen molar-refractivity contribution in [1.82, 2.24) is 9.97 Å². The van der Waals surface area contributed by atoms with Crippen molar-refractivity contribution < 1.29 is 19.0 Å². The molecular formula is C15H13ClN2O4. The molecule has 0 spiro atoms. The zero-order valence-corrected chi connectivity index (χ0v) is 12.7. The van der Waals surface area contributed by atoms with Gasteiger partial charge in [0.25, 0.3) is 0 Å². The second-order valence-corrected chi connectivity index (χ2v) is 4.41. The van der Waals surface area contributed by atoms with Crippen molar-refractivity contribution in [1.29, 1.82) is 0 Å². The number of hydrogen-bond acceptors (Lipinski definition) is 6. The summed E-state index contributed by atoms with van der Waals surface area (Å²) in [6, 6.07) is 8.48. The number of esters is 1. The van der Waals surface area contributed by atoms with E-state index in [-0.39, 0.29) is 16.7 Å². The van der Waals surface area contributed by atoms with Gasteiger partial charge in [-0.3, -0.25) is 0 Å². The van der Waals surface area contributed by atoms with Gasteiger partial charge in [0, 0.05) is 11.8 Å². The number of hydrogen-bond donors (Lipinski definition) is 0. The predicted octanol–water partition coefficient (Wildman–Crippen LogP) is 3.08. The Morgan fingerprint density at radius 2 is 2.00 bits per heavy atom. The number of halogens is 1. The Hall–Kier alpha value is -2.60. The van der Waals surface area contributed by atoms with Gasteiger partial charge in [-0.1, -0.05) is 29.8 Å². The van der Waals surface area contributed by atoms with Crippen molar-refractivity contribution in [2.24, 2.45) is 0 Å². The molecule has 114 valence electrons. The topological polar surface area (TPSA) is 70.5 Å². The quantitative estimate of drug-likeness (QED) is 0.365. The molecule has 1 aromatic heterocycles. The van der Waals surface area contributed by atoms with Crippen molar-refractivity contribution in [3.8, 4) is 11.8 Å². The molecular weight excluding hydrogens is 308 g/mol. The van der Waals surface area contributed by atoms with Gasteiger partial charge in [0.05, 0.1) is 20.5 Å². The van der Waals surface area contributed by atoms with Gasteiger partial charge in [-0.2, -0.15) is 4.98 Å². The summed E-state index contributed by atoms with van der Waals surface area (Å²) in [4.78, 5) is 19.8. The van der Waals surface area contributed by atoms with Gasteiger partial charge in [-0.25, -0.2) is 9.78 Å². The summed E-state index contributed by atoms with van der Waals surface area (Å²) in [7, 11) is 2.72. The minimum atomic E-state index is -0.551. The van der Waals surface area contributed by atoms with Crippen LogP contribution in [0.5, 0.6) is 11.8 Å². The van der Waals surface area contributed by atoms with Crippen LogP contribution >= 0.6 is 11.6 Å². The summed E-state index contributed by atoms with van der Waals surface area (Å²) in [5.74, 6) is -0.177. The highest BCUT2D eigenvalue weighted by Gasteiger charge is 2.18. The number of benzene rings is 1. The first-order chi connectivity index (χ1) is 10.7. The van der Waals surface area contributed by atoms with E-state index in [1.54, 1.807) is 24.3 Å². The third-order valence-electron chi connectivity index (χ3n) is 2.62. The highest BCUT2D eigenvalue weighted by Crippen LogP contribution is 2.29. The third-order valence-corrected chi connectivity index (χ3v) is 2.83. The first-order valence-corrected chi connectivity index (χ1v) is 6.60. The first-order valence-electron chi connectivity index (χ1n) is 6.22. The molecule has 22 heavy (non-hydrogen) atoms. The molecule has 0 saturated carbocycles. The van der Waals surface area contributed by atoms with Gasteiger partial charge >= 0.3 is 12.0 Å². The van der Waals surface area contributed by atoms with E-state index in [9.17, 15) is 4.79 Å². The summed E-state index contributed by atoms with van der Waals surface area (Å²) in [6.07, 6.45) is 2.76. The first kappa shape index (κ1) is 15.8. The van der Waals surface area contributed by atoms with Crippen LogP contribution in [0.1, 0.15) is 5.56 Å². The van der Waals surface area contributed by atoms with E-state index in [1.807, 2.05) is 0 Å². The van der Waals surface area contributed by atoms with Crippen LogP contribution in [-0.4, -0.2) is 30.2 Å². The molecule has 0 atom stereocenters. The molecule has 0 unspecified atom stereocenters. The summed E-state index contributed by atoms with van der Waals surface area (Å²) in [5, 5.41) is 0.253. The van der Waals surface area contributed by atoms with E-state index in [1.165, 1.54) is 32.7 Å². The average Bonchev–Trinajstić information content (AvgIpc) is 2.53. The molecule has 0 radical (unpaired) electrons. The van der Waals surface area contributed by atoms with Crippen LogP contribution in [0.25, 0.3) is 5.57 Å². The van der Waals surface area contributed by atoms with Crippen LogP contribution in [0.3, 0.4) is 0 Å². The van der Waals surface area contributed by atoms with Gasteiger partial charge in [-0.15, -0.1) is 0 Å². The summed E-state index contributed by atoms with van der Waals surface area (Å²) in [6.45, 7) is 0.